The summed E-state index contributed by atoms with van der Waals surface area (Å²) in [5, 5.41) is 13.5. The first-order valence-corrected chi connectivity index (χ1v) is 13.2. The summed E-state index contributed by atoms with van der Waals surface area (Å²) in [7, 11) is 0. The van der Waals surface area contributed by atoms with E-state index in [9.17, 15) is 4.79 Å². The molecule has 174 valence electrons. The molecular formula is C26H22N6OS2. The van der Waals surface area contributed by atoms with Crippen molar-refractivity contribution in [1.29, 1.82) is 0 Å². The van der Waals surface area contributed by atoms with Gasteiger partial charge in [-0.1, -0.05) is 17.8 Å². The Morgan fingerprint density at radius 3 is 2.74 bits per heavy atom. The molecule has 6 rings (SSSR count). The molecule has 9 heteroatoms. The van der Waals surface area contributed by atoms with E-state index in [0.717, 1.165) is 51.2 Å². The first-order chi connectivity index (χ1) is 17.1. The molecule has 35 heavy (non-hydrogen) atoms. The van der Waals surface area contributed by atoms with Gasteiger partial charge in [-0.15, -0.1) is 21.5 Å². The number of aryl methyl sites for hydroxylation is 1. The summed E-state index contributed by atoms with van der Waals surface area (Å²) in [6.45, 7) is 2.09. The Balaban J connectivity index is 1.11. The Morgan fingerprint density at radius 2 is 1.97 bits per heavy atom. The van der Waals surface area contributed by atoms with Crippen molar-refractivity contribution in [2.75, 3.05) is 11.1 Å². The molecule has 0 spiro atoms. The van der Waals surface area contributed by atoms with Crippen LogP contribution in [0.5, 0.6) is 0 Å². The van der Waals surface area contributed by atoms with E-state index in [1.165, 1.54) is 22.0 Å². The maximum Gasteiger partial charge on any atom is 0.234 e. The van der Waals surface area contributed by atoms with Crippen molar-refractivity contribution in [1.82, 2.24) is 24.7 Å². The first-order valence-electron chi connectivity index (χ1n) is 11.4. The number of nitrogens with zero attached hydrogens (tertiary/aromatic N) is 5. The molecule has 1 aliphatic rings. The van der Waals surface area contributed by atoms with E-state index in [2.05, 4.69) is 50.2 Å². The topological polar surface area (TPSA) is 85.6 Å². The number of carbonyl (C=O) groups excluding carboxylic acids is 1. The second-order valence-electron chi connectivity index (χ2n) is 8.55. The fourth-order valence-corrected chi connectivity index (χ4v) is 5.78. The predicted molar refractivity (Wildman–Crippen MR) is 141 cm³/mol. The molecule has 3 aromatic heterocycles. The van der Waals surface area contributed by atoms with E-state index in [4.69, 9.17) is 4.98 Å². The summed E-state index contributed by atoms with van der Waals surface area (Å²) >= 11 is 3.09. The number of thioether (sulfide) groups is 1. The summed E-state index contributed by atoms with van der Waals surface area (Å²) in [6.07, 6.45) is 5.74. The summed E-state index contributed by atoms with van der Waals surface area (Å²) in [4.78, 5) is 21.6. The molecule has 0 atom stereocenters. The number of nitrogens with one attached hydrogen (secondary N) is 1. The number of hydrogen-bond acceptors (Lipinski definition) is 7. The highest BCUT2D eigenvalue weighted by Crippen LogP contribution is 2.41. The summed E-state index contributed by atoms with van der Waals surface area (Å²) < 4.78 is 3.32. The van der Waals surface area contributed by atoms with Crippen LogP contribution in [0.25, 0.3) is 32.2 Å². The number of anilines is 1. The molecule has 0 radical (unpaired) electrons. The molecule has 0 saturated heterocycles. The lowest BCUT2D eigenvalue weighted by Crippen LogP contribution is -2.14. The van der Waals surface area contributed by atoms with E-state index in [1.807, 2.05) is 36.4 Å². The summed E-state index contributed by atoms with van der Waals surface area (Å²) in [6, 6.07) is 18.4. The number of amides is 1. The van der Waals surface area contributed by atoms with Gasteiger partial charge in [0.25, 0.3) is 0 Å². The van der Waals surface area contributed by atoms with Crippen LogP contribution in [0.3, 0.4) is 0 Å². The SMILES string of the molecule is Cc1ccc2nc(-c3ccc(NC(=O)CSc4nnc(-c5cccnc5)n4C4CC4)cc3)sc2c1. The van der Waals surface area contributed by atoms with Gasteiger partial charge in [-0.05, 0) is 73.9 Å². The van der Waals surface area contributed by atoms with Crippen LogP contribution in [0.15, 0.2) is 72.1 Å². The molecule has 1 N–H and O–H groups in total. The number of benzene rings is 2. The molecular weight excluding hydrogens is 476 g/mol. The highest BCUT2D eigenvalue weighted by molar-refractivity contribution is 7.99. The van der Waals surface area contributed by atoms with Crippen molar-refractivity contribution in [3.05, 3.63) is 72.6 Å². The Kier molecular flexibility index (Phi) is 5.79. The van der Waals surface area contributed by atoms with Gasteiger partial charge < -0.3 is 5.32 Å². The molecule has 0 bridgehead atoms. The molecule has 1 amide bonds. The highest BCUT2D eigenvalue weighted by Gasteiger charge is 2.30. The van der Waals surface area contributed by atoms with Crippen LogP contribution in [-0.4, -0.2) is 36.4 Å². The van der Waals surface area contributed by atoms with Crippen molar-refractivity contribution < 1.29 is 4.79 Å². The van der Waals surface area contributed by atoms with Crippen molar-refractivity contribution in [2.45, 2.75) is 31.0 Å². The van der Waals surface area contributed by atoms with Crippen LogP contribution in [0.2, 0.25) is 0 Å². The van der Waals surface area contributed by atoms with E-state index < -0.39 is 0 Å². The Hall–Kier alpha value is -3.56. The minimum absolute atomic E-state index is 0.0773. The van der Waals surface area contributed by atoms with Crippen molar-refractivity contribution in [2.24, 2.45) is 0 Å². The monoisotopic (exact) mass is 498 g/mol. The van der Waals surface area contributed by atoms with Crippen LogP contribution in [0, 0.1) is 6.92 Å². The van der Waals surface area contributed by atoms with Crippen LogP contribution < -0.4 is 5.32 Å². The minimum Gasteiger partial charge on any atom is -0.325 e. The second kappa shape index (κ2) is 9.24. The summed E-state index contributed by atoms with van der Waals surface area (Å²) in [5.74, 6) is 0.993. The average Bonchev–Trinajstić information content (AvgIpc) is 3.48. The van der Waals surface area contributed by atoms with Crippen molar-refractivity contribution in [3.63, 3.8) is 0 Å². The Labute approximate surface area is 210 Å². The van der Waals surface area contributed by atoms with Gasteiger partial charge in [0.15, 0.2) is 11.0 Å². The van der Waals surface area contributed by atoms with Crippen LogP contribution >= 0.6 is 23.1 Å². The van der Waals surface area contributed by atoms with Crippen LogP contribution in [0.1, 0.15) is 24.4 Å². The Morgan fingerprint density at radius 1 is 1.11 bits per heavy atom. The third kappa shape index (κ3) is 4.69. The molecule has 0 unspecified atom stereocenters. The van der Waals surface area contributed by atoms with Gasteiger partial charge in [-0.2, -0.15) is 0 Å². The van der Waals surface area contributed by atoms with E-state index in [-0.39, 0.29) is 11.7 Å². The molecule has 0 aliphatic heterocycles. The van der Waals surface area contributed by atoms with Gasteiger partial charge in [0, 0.05) is 35.2 Å². The normalized spacial score (nSPS) is 13.3. The van der Waals surface area contributed by atoms with Gasteiger partial charge >= 0.3 is 0 Å². The number of rotatable bonds is 7. The lowest BCUT2D eigenvalue weighted by Gasteiger charge is -2.09. The number of thiazole rings is 1. The number of pyridine rings is 1. The van der Waals surface area contributed by atoms with Crippen LogP contribution in [0.4, 0.5) is 5.69 Å². The zero-order valence-corrected chi connectivity index (χ0v) is 20.6. The molecule has 1 aliphatic carbocycles. The lowest BCUT2D eigenvalue weighted by atomic mass is 10.2. The maximum atomic E-state index is 12.7. The van der Waals surface area contributed by atoms with Crippen molar-refractivity contribution >= 4 is 44.9 Å². The zero-order chi connectivity index (χ0) is 23.8. The fraction of sp³-hybridized carbons (Fsp3) is 0.192. The molecule has 1 saturated carbocycles. The minimum atomic E-state index is -0.0773. The largest absolute Gasteiger partial charge is 0.325 e. The molecule has 7 nitrogen and oxygen atoms in total. The first kappa shape index (κ1) is 21.9. The number of fused-ring (bicyclic) bond motifs is 1. The second-order valence-corrected chi connectivity index (χ2v) is 10.5. The van der Waals surface area contributed by atoms with Gasteiger partial charge in [0.05, 0.1) is 16.0 Å². The predicted octanol–water partition coefficient (Wildman–Crippen LogP) is 5.99. The molecule has 1 fully saturated rings. The maximum absolute atomic E-state index is 12.7. The van der Waals surface area contributed by atoms with E-state index in [0.29, 0.717) is 6.04 Å². The van der Waals surface area contributed by atoms with Crippen LogP contribution in [-0.2, 0) is 4.79 Å². The van der Waals surface area contributed by atoms with E-state index in [1.54, 1.807) is 23.7 Å². The van der Waals surface area contributed by atoms with Gasteiger partial charge in [0.1, 0.15) is 5.01 Å². The average molecular weight is 499 g/mol. The standard InChI is InChI=1S/C26H22N6OS2/c1-16-4-11-21-22(13-16)35-25(29-21)17-5-7-19(8-6-17)28-23(33)15-34-26-31-30-24(32(26)20-9-10-20)18-3-2-12-27-14-18/h2-8,11-14,20H,9-10,15H2,1H3,(H,28,33). The number of carbonyl (C=O) groups is 1. The lowest BCUT2D eigenvalue weighted by molar-refractivity contribution is -0.113. The van der Waals surface area contributed by atoms with Crippen molar-refractivity contribution in [3.8, 4) is 22.0 Å². The summed E-state index contributed by atoms with van der Waals surface area (Å²) in [5.41, 5.74) is 4.97. The molecule has 2 aromatic carbocycles. The number of hydrogen-bond donors (Lipinski definition) is 1. The molecule has 3 heterocycles. The number of aromatic nitrogens is 5. The van der Waals surface area contributed by atoms with E-state index >= 15 is 0 Å². The fourth-order valence-electron chi connectivity index (χ4n) is 3.91. The smallest absolute Gasteiger partial charge is 0.234 e. The van der Waals surface area contributed by atoms with Gasteiger partial charge in [-0.3, -0.25) is 14.3 Å². The Bertz CT molecular complexity index is 1510. The highest BCUT2D eigenvalue weighted by atomic mass is 32.2. The third-order valence-electron chi connectivity index (χ3n) is 5.79. The quantitative estimate of drug-likeness (QED) is 0.277. The molecule has 5 aromatic rings. The van der Waals surface area contributed by atoms with Gasteiger partial charge in [0.2, 0.25) is 5.91 Å². The third-order valence-corrected chi connectivity index (χ3v) is 7.80. The zero-order valence-electron chi connectivity index (χ0n) is 19.0. The van der Waals surface area contributed by atoms with Gasteiger partial charge in [-0.25, -0.2) is 4.98 Å².